The van der Waals surface area contributed by atoms with Gasteiger partial charge in [-0.1, -0.05) is 58.4 Å². The monoisotopic (exact) mass is 449 g/mol. The zero-order valence-corrected chi connectivity index (χ0v) is 20.1. The van der Waals surface area contributed by atoms with Crippen molar-refractivity contribution in [2.24, 2.45) is 17.3 Å². The standard InChI is InChI=1S/C24H36ClN3O3/c1-16(2)15-26-23(31)21(27-22(30)18-8-6-7-9-19(18)25)17-10-12-28(13-11-17)20(29)14-24(3,4)5/h6-9,16-17,21H,10-15H2,1-5H3,(H,26,31)(H,27,30)/t21-/m0/s1. The van der Waals surface area contributed by atoms with Crippen molar-refractivity contribution < 1.29 is 14.4 Å². The first-order valence-corrected chi connectivity index (χ1v) is 11.5. The van der Waals surface area contributed by atoms with E-state index in [1.807, 2.05) is 18.7 Å². The van der Waals surface area contributed by atoms with Crippen LogP contribution in [-0.4, -0.2) is 48.3 Å². The van der Waals surface area contributed by atoms with E-state index in [2.05, 4.69) is 31.4 Å². The first-order chi connectivity index (χ1) is 14.5. The maximum absolute atomic E-state index is 13.0. The lowest BCUT2D eigenvalue weighted by molar-refractivity contribution is -0.134. The zero-order chi connectivity index (χ0) is 23.2. The summed E-state index contributed by atoms with van der Waals surface area (Å²) in [4.78, 5) is 40.3. The minimum absolute atomic E-state index is 0.0442. The highest BCUT2D eigenvalue weighted by molar-refractivity contribution is 6.33. The van der Waals surface area contributed by atoms with Crippen LogP contribution in [0.1, 0.15) is 64.2 Å². The Bertz CT molecular complexity index is 781. The molecule has 2 N–H and O–H groups in total. The molecule has 1 aliphatic heterocycles. The smallest absolute Gasteiger partial charge is 0.253 e. The molecule has 172 valence electrons. The Balaban J connectivity index is 2.09. The summed E-state index contributed by atoms with van der Waals surface area (Å²) in [5.74, 6) is -0.139. The SMILES string of the molecule is CC(C)CNC(=O)[C@@H](NC(=O)c1ccccc1Cl)C1CCN(C(=O)CC(C)(C)C)CC1. The van der Waals surface area contributed by atoms with Gasteiger partial charge < -0.3 is 15.5 Å². The first kappa shape index (κ1) is 25.2. The fraction of sp³-hybridized carbons (Fsp3) is 0.625. The summed E-state index contributed by atoms with van der Waals surface area (Å²) in [6.07, 6.45) is 1.83. The van der Waals surface area contributed by atoms with Crippen molar-refractivity contribution in [2.45, 2.75) is 59.9 Å². The number of hydrogen-bond donors (Lipinski definition) is 2. The number of hydrogen-bond acceptors (Lipinski definition) is 3. The van der Waals surface area contributed by atoms with Gasteiger partial charge in [-0.15, -0.1) is 0 Å². The third kappa shape index (κ3) is 7.84. The summed E-state index contributed by atoms with van der Waals surface area (Å²) in [6.45, 7) is 11.9. The number of halogens is 1. The number of carbonyl (C=O) groups excluding carboxylic acids is 3. The number of piperidine rings is 1. The van der Waals surface area contributed by atoms with Crippen molar-refractivity contribution in [3.63, 3.8) is 0 Å². The number of nitrogens with zero attached hydrogens (tertiary/aromatic N) is 1. The van der Waals surface area contributed by atoms with E-state index < -0.39 is 6.04 Å². The summed E-state index contributed by atoms with van der Waals surface area (Å²) in [6, 6.07) is 6.14. The normalized spacial score (nSPS) is 16.2. The second kappa shape index (κ2) is 11.0. The lowest BCUT2D eigenvalue weighted by Gasteiger charge is -2.37. The number of amides is 3. The molecule has 2 rings (SSSR count). The second-order valence-electron chi connectivity index (χ2n) is 10.0. The molecule has 1 atom stereocenters. The van der Waals surface area contributed by atoms with Gasteiger partial charge in [0, 0.05) is 26.1 Å². The van der Waals surface area contributed by atoms with Crippen LogP contribution in [0.5, 0.6) is 0 Å². The number of likely N-dealkylation sites (tertiary alicyclic amines) is 1. The average Bonchev–Trinajstić information content (AvgIpc) is 2.69. The molecular weight excluding hydrogens is 414 g/mol. The fourth-order valence-electron chi connectivity index (χ4n) is 3.72. The highest BCUT2D eigenvalue weighted by Crippen LogP contribution is 2.26. The topological polar surface area (TPSA) is 78.5 Å². The Kier molecular flexibility index (Phi) is 8.92. The van der Waals surface area contributed by atoms with E-state index >= 15 is 0 Å². The molecule has 1 aromatic rings. The first-order valence-electron chi connectivity index (χ1n) is 11.1. The van der Waals surface area contributed by atoms with Crippen molar-refractivity contribution in [3.8, 4) is 0 Å². The maximum Gasteiger partial charge on any atom is 0.253 e. The molecule has 0 unspecified atom stereocenters. The van der Waals surface area contributed by atoms with Crippen LogP contribution in [0.15, 0.2) is 24.3 Å². The van der Waals surface area contributed by atoms with Crippen LogP contribution in [0.4, 0.5) is 0 Å². The van der Waals surface area contributed by atoms with Crippen LogP contribution in [0.2, 0.25) is 5.02 Å². The van der Waals surface area contributed by atoms with Crippen molar-refractivity contribution in [3.05, 3.63) is 34.9 Å². The van der Waals surface area contributed by atoms with E-state index in [1.54, 1.807) is 24.3 Å². The molecule has 7 heteroatoms. The summed E-state index contributed by atoms with van der Waals surface area (Å²) >= 11 is 6.17. The molecule has 31 heavy (non-hydrogen) atoms. The summed E-state index contributed by atoms with van der Waals surface area (Å²) in [5.41, 5.74) is 0.291. The second-order valence-corrected chi connectivity index (χ2v) is 10.4. The number of rotatable bonds is 7. The molecule has 1 heterocycles. The Morgan fingerprint density at radius 1 is 1.13 bits per heavy atom. The molecule has 0 radical (unpaired) electrons. The molecule has 0 aliphatic carbocycles. The molecule has 0 saturated carbocycles. The Morgan fingerprint density at radius 3 is 2.29 bits per heavy atom. The third-order valence-electron chi connectivity index (χ3n) is 5.42. The maximum atomic E-state index is 13.0. The van der Waals surface area contributed by atoms with Gasteiger partial charge in [0.25, 0.3) is 5.91 Å². The van der Waals surface area contributed by atoms with Gasteiger partial charge in [0.2, 0.25) is 11.8 Å². The molecule has 0 bridgehead atoms. The molecule has 1 saturated heterocycles. The molecule has 1 aliphatic rings. The van der Waals surface area contributed by atoms with Gasteiger partial charge in [0.05, 0.1) is 10.6 Å². The molecule has 0 aromatic heterocycles. The number of benzene rings is 1. The van der Waals surface area contributed by atoms with E-state index in [4.69, 9.17) is 11.6 Å². The van der Waals surface area contributed by atoms with E-state index in [9.17, 15) is 14.4 Å². The predicted molar refractivity (Wildman–Crippen MR) is 124 cm³/mol. The molecule has 6 nitrogen and oxygen atoms in total. The highest BCUT2D eigenvalue weighted by atomic mass is 35.5. The van der Waals surface area contributed by atoms with Gasteiger partial charge in [-0.25, -0.2) is 0 Å². The van der Waals surface area contributed by atoms with Gasteiger partial charge in [0.1, 0.15) is 6.04 Å². The van der Waals surface area contributed by atoms with E-state index in [0.717, 1.165) is 0 Å². The van der Waals surface area contributed by atoms with Crippen LogP contribution in [0.25, 0.3) is 0 Å². The van der Waals surface area contributed by atoms with E-state index in [1.165, 1.54) is 0 Å². The predicted octanol–water partition coefficient (Wildman–Crippen LogP) is 3.89. The minimum atomic E-state index is -0.664. The van der Waals surface area contributed by atoms with E-state index in [-0.39, 0.29) is 29.1 Å². The molecule has 3 amide bonds. The zero-order valence-electron chi connectivity index (χ0n) is 19.3. The number of nitrogens with one attached hydrogen (secondary N) is 2. The van der Waals surface area contributed by atoms with Crippen molar-refractivity contribution in [1.29, 1.82) is 0 Å². The highest BCUT2D eigenvalue weighted by Gasteiger charge is 2.34. The van der Waals surface area contributed by atoms with Gasteiger partial charge in [-0.2, -0.15) is 0 Å². The van der Waals surface area contributed by atoms with Crippen LogP contribution >= 0.6 is 11.6 Å². The molecule has 1 fully saturated rings. The van der Waals surface area contributed by atoms with Gasteiger partial charge in [0.15, 0.2) is 0 Å². The summed E-state index contributed by atoms with van der Waals surface area (Å²) in [7, 11) is 0. The molecule has 0 spiro atoms. The van der Waals surface area contributed by atoms with Gasteiger partial charge in [-0.05, 0) is 42.2 Å². The van der Waals surface area contributed by atoms with Crippen LogP contribution in [-0.2, 0) is 9.59 Å². The van der Waals surface area contributed by atoms with E-state index in [0.29, 0.717) is 55.4 Å². The fourth-order valence-corrected chi connectivity index (χ4v) is 3.95. The lowest BCUT2D eigenvalue weighted by atomic mass is 9.87. The van der Waals surface area contributed by atoms with Crippen molar-refractivity contribution in [1.82, 2.24) is 15.5 Å². The Hall–Kier alpha value is -2.08. The van der Waals surface area contributed by atoms with Gasteiger partial charge in [-0.3, -0.25) is 14.4 Å². The quantitative estimate of drug-likeness (QED) is 0.662. The molecule has 1 aromatic carbocycles. The largest absolute Gasteiger partial charge is 0.354 e. The van der Waals surface area contributed by atoms with Crippen LogP contribution in [0, 0.1) is 17.3 Å². The Morgan fingerprint density at radius 2 is 1.74 bits per heavy atom. The van der Waals surface area contributed by atoms with Gasteiger partial charge >= 0.3 is 0 Å². The van der Waals surface area contributed by atoms with Crippen LogP contribution in [0.3, 0.4) is 0 Å². The average molecular weight is 450 g/mol. The lowest BCUT2D eigenvalue weighted by Crippen LogP contribution is -2.54. The Labute approximate surface area is 191 Å². The van der Waals surface area contributed by atoms with Crippen LogP contribution < -0.4 is 10.6 Å². The van der Waals surface area contributed by atoms with Crippen molar-refractivity contribution >= 4 is 29.3 Å². The summed E-state index contributed by atoms with van der Waals surface area (Å²) < 4.78 is 0. The molecular formula is C24H36ClN3O3. The summed E-state index contributed by atoms with van der Waals surface area (Å²) in [5, 5.41) is 6.21. The third-order valence-corrected chi connectivity index (χ3v) is 5.75. The number of carbonyl (C=O) groups is 3. The minimum Gasteiger partial charge on any atom is -0.354 e. The van der Waals surface area contributed by atoms with Crippen molar-refractivity contribution in [2.75, 3.05) is 19.6 Å².